The summed E-state index contributed by atoms with van der Waals surface area (Å²) in [6.45, 7) is 1.72. The average molecular weight is 363 g/mol. The summed E-state index contributed by atoms with van der Waals surface area (Å²) >= 11 is 0. The molecule has 0 saturated carbocycles. The number of fused-ring (bicyclic) bond motifs is 1. The lowest BCUT2D eigenvalue weighted by molar-refractivity contribution is -0.120. The van der Waals surface area contributed by atoms with Crippen LogP contribution in [0.5, 0.6) is 0 Å². The van der Waals surface area contributed by atoms with Gasteiger partial charge in [-0.2, -0.15) is 4.98 Å². The molecule has 128 valence electrons. The molecule has 0 spiro atoms. The van der Waals surface area contributed by atoms with Gasteiger partial charge in [0.05, 0.1) is 13.2 Å². The normalized spacial score (nSPS) is 17.0. The molecule has 1 aromatic heterocycles. The first-order valence-corrected chi connectivity index (χ1v) is 6.83. The second-order valence-corrected chi connectivity index (χ2v) is 5.14. The highest BCUT2D eigenvalue weighted by Crippen LogP contribution is 2.23. The zero-order valence-electron chi connectivity index (χ0n) is 12.9. The third kappa shape index (κ3) is 4.48. The summed E-state index contributed by atoms with van der Waals surface area (Å²) < 4.78 is 10.9. The number of benzene rings is 1. The van der Waals surface area contributed by atoms with E-state index >= 15 is 0 Å². The zero-order chi connectivity index (χ0) is 14.8. The van der Waals surface area contributed by atoms with E-state index < -0.39 is 0 Å². The number of carbonyl (C=O) groups excluding carboxylic acids is 1. The van der Waals surface area contributed by atoms with Gasteiger partial charge >= 0.3 is 0 Å². The number of hydrogen-bond donors (Lipinski definition) is 2. The molecule has 2 N–H and O–H groups in total. The Morgan fingerprint density at radius 3 is 2.83 bits per heavy atom. The lowest BCUT2D eigenvalue weighted by atomic mass is 10.2. The van der Waals surface area contributed by atoms with Gasteiger partial charge in [0.2, 0.25) is 5.91 Å². The Labute approximate surface area is 146 Å². The number of nitrogens with one attached hydrogen (secondary N) is 2. The van der Waals surface area contributed by atoms with Crippen molar-refractivity contribution in [2.75, 3.05) is 44.1 Å². The molecule has 0 aliphatic carbocycles. The number of aromatic nitrogens is 1. The van der Waals surface area contributed by atoms with Crippen molar-refractivity contribution >= 4 is 53.5 Å². The standard InChI is InChI=1S/C14H18N4O3.2ClH/c1-18(2)14-17-10-7-9(3-4-12(10)21-14)16-13(19)11-8-20-6-5-15-11;;/h3-4,7,11,15H,5-6,8H2,1-2H3,(H,16,19);2*1H. The van der Waals surface area contributed by atoms with Crippen molar-refractivity contribution in [1.82, 2.24) is 10.3 Å². The Bertz CT molecular complexity index is 657. The molecule has 1 saturated heterocycles. The molecule has 23 heavy (non-hydrogen) atoms. The largest absolute Gasteiger partial charge is 0.423 e. The molecule has 1 fully saturated rings. The maximum Gasteiger partial charge on any atom is 0.297 e. The minimum atomic E-state index is -0.316. The zero-order valence-corrected chi connectivity index (χ0v) is 14.5. The van der Waals surface area contributed by atoms with E-state index in [9.17, 15) is 4.79 Å². The van der Waals surface area contributed by atoms with Crippen molar-refractivity contribution in [3.05, 3.63) is 18.2 Å². The van der Waals surface area contributed by atoms with Gasteiger partial charge < -0.3 is 24.7 Å². The molecule has 1 unspecified atom stereocenters. The number of nitrogens with zero attached hydrogens (tertiary/aromatic N) is 2. The van der Waals surface area contributed by atoms with E-state index in [1.807, 2.05) is 14.1 Å². The van der Waals surface area contributed by atoms with Crippen molar-refractivity contribution < 1.29 is 13.9 Å². The van der Waals surface area contributed by atoms with Crippen LogP contribution in [0.15, 0.2) is 22.6 Å². The summed E-state index contributed by atoms with van der Waals surface area (Å²) in [6.07, 6.45) is 0. The smallest absolute Gasteiger partial charge is 0.297 e. The van der Waals surface area contributed by atoms with Crippen molar-refractivity contribution in [2.24, 2.45) is 0 Å². The number of oxazole rings is 1. The van der Waals surface area contributed by atoms with Gasteiger partial charge in [-0.25, -0.2) is 0 Å². The first-order chi connectivity index (χ1) is 10.1. The van der Waals surface area contributed by atoms with E-state index in [1.54, 1.807) is 23.1 Å². The Balaban J connectivity index is 0.00000132. The van der Waals surface area contributed by atoms with Crippen LogP contribution in [0.1, 0.15) is 0 Å². The van der Waals surface area contributed by atoms with Gasteiger partial charge in [0.15, 0.2) is 5.58 Å². The summed E-state index contributed by atoms with van der Waals surface area (Å²) in [4.78, 5) is 18.3. The average Bonchev–Trinajstić information content (AvgIpc) is 2.91. The van der Waals surface area contributed by atoms with Gasteiger partial charge in [-0.05, 0) is 18.2 Å². The number of anilines is 2. The van der Waals surface area contributed by atoms with Gasteiger partial charge in [0.1, 0.15) is 11.6 Å². The van der Waals surface area contributed by atoms with E-state index in [4.69, 9.17) is 9.15 Å². The number of hydrogen-bond acceptors (Lipinski definition) is 6. The fourth-order valence-electron chi connectivity index (χ4n) is 2.15. The number of carbonyl (C=O) groups is 1. The van der Waals surface area contributed by atoms with E-state index in [-0.39, 0.29) is 36.8 Å². The predicted octanol–water partition coefficient (Wildman–Crippen LogP) is 1.66. The second kappa shape index (κ2) is 8.35. The van der Waals surface area contributed by atoms with Gasteiger partial charge in [-0.1, -0.05) is 0 Å². The highest BCUT2D eigenvalue weighted by molar-refractivity contribution is 5.96. The molecule has 2 heterocycles. The Morgan fingerprint density at radius 2 is 2.17 bits per heavy atom. The summed E-state index contributed by atoms with van der Waals surface area (Å²) in [7, 11) is 3.73. The van der Waals surface area contributed by atoms with Gasteiger partial charge in [0, 0.05) is 26.3 Å². The van der Waals surface area contributed by atoms with Crippen molar-refractivity contribution in [3.8, 4) is 0 Å². The summed E-state index contributed by atoms with van der Waals surface area (Å²) in [5.41, 5.74) is 2.10. The van der Waals surface area contributed by atoms with Crippen LogP contribution in [0.4, 0.5) is 11.7 Å². The van der Waals surface area contributed by atoms with Crippen molar-refractivity contribution in [1.29, 1.82) is 0 Å². The minimum Gasteiger partial charge on any atom is -0.423 e. The third-order valence-electron chi connectivity index (χ3n) is 3.26. The highest BCUT2D eigenvalue weighted by atomic mass is 35.5. The summed E-state index contributed by atoms with van der Waals surface area (Å²) in [6, 6.07) is 5.62. The number of amides is 1. The number of rotatable bonds is 3. The molecule has 0 bridgehead atoms. The van der Waals surface area contributed by atoms with E-state index in [2.05, 4.69) is 15.6 Å². The SMILES string of the molecule is CN(C)c1nc2cc(NC(=O)C3COCCN3)ccc2o1.Cl.Cl. The maximum absolute atomic E-state index is 12.1. The van der Waals surface area contributed by atoms with Crippen LogP contribution in [-0.4, -0.2) is 50.8 Å². The lowest BCUT2D eigenvalue weighted by Crippen LogP contribution is -2.48. The van der Waals surface area contributed by atoms with Gasteiger partial charge in [0.25, 0.3) is 6.01 Å². The molecule has 1 aromatic carbocycles. The van der Waals surface area contributed by atoms with Crippen LogP contribution in [-0.2, 0) is 9.53 Å². The molecule has 9 heteroatoms. The maximum atomic E-state index is 12.1. The molecular formula is C14H20Cl2N4O3. The number of morpholine rings is 1. The molecule has 1 aliphatic heterocycles. The lowest BCUT2D eigenvalue weighted by Gasteiger charge is -2.22. The van der Waals surface area contributed by atoms with Crippen molar-refractivity contribution in [2.45, 2.75) is 6.04 Å². The molecule has 0 radical (unpaired) electrons. The quantitative estimate of drug-likeness (QED) is 0.864. The summed E-state index contributed by atoms with van der Waals surface area (Å²) in [5, 5.41) is 5.98. The summed E-state index contributed by atoms with van der Waals surface area (Å²) in [5.74, 6) is -0.106. The molecule has 1 amide bonds. The van der Waals surface area contributed by atoms with Crippen LogP contribution >= 0.6 is 24.8 Å². The Kier molecular flexibility index (Phi) is 7.08. The van der Waals surface area contributed by atoms with Crippen LogP contribution < -0.4 is 15.5 Å². The van der Waals surface area contributed by atoms with Crippen LogP contribution in [0.2, 0.25) is 0 Å². The molecule has 1 atom stereocenters. The number of ether oxygens (including phenoxy) is 1. The first-order valence-electron chi connectivity index (χ1n) is 6.83. The molecule has 3 rings (SSSR count). The fourth-order valence-corrected chi connectivity index (χ4v) is 2.15. The van der Waals surface area contributed by atoms with Crippen molar-refractivity contribution in [3.63, 3.8) is 0 Å². The highest BCUT2D eigenvalue weighted by Gasteiger charge is 2.21. The first kappa shape index (κ1) is 19.5. The van der Waals surface area contributed by atoms with Crippen LogP contribution in [0, 0.1) is 0 Å². The molecule has 7 nitrogen and oxygen atoms in total. The van der Waals surface area contributed by atoms with Gasteiger partial charge in [-0.15, -0.1) is 24.8 Å². The number of halogens is 2. The second-order valence-electron chi connectivity index (χ2n) is 5.14. The Morgan fingerprint density at radius 1 is 1.39 bits per heavy atom. The van der Waals surface area contributed by atoms with Gasteiger partial charge in [-0.3, -0.25) is 4.79 Å². The Hall–Kier alpha value is -1.54. The van der Waals surface area contributed by atoms with E-state index in [0.29, 0.717) is 42.6 Å². The van der Waals surface area contributed by atoms with Crippen LogP contribution in [0.25, 0.3) is 11.1 Å². The molecule has 1 aliphatic rings. The fraction of sp³-hybridized carbons (Fsp3) is 0.429. The molecular weight excluding hydrogens is 343 g/mol. The van der Waals surface area contributed by atoms with Crippen LogP contribution in [0.3, 0.4) is 0 Å². The predicted molar refractivity (Wildman–Crippen MR) is 94.1 cm³/mol. The van der Waals surface area contributed by atoms with E-state index in [1.165, 1.54) is 0 Å². The minimum absolute atomic E-state index is 0. The van der Waals surface area contributed by atoms with E-state index in [0.717, 1.165) is 0 Å². The monoisotopic (exact) mass is 362 g/mol. The molecule has 2 aromatic rings. The topological polar surface area (TPSA) is 79.6 Å². The third-order valence-corrected chi connectivity index (χ3v) is 3.26.